The zero-order valence-corrected chi connectivity index (χ0v) is 17.7. The summed E-state index contributed by atoms with van der Waals surface area (Å²) in [5.74, 6) is -2.00. The zero-order chi connectivity index (χ0) is 22.6. The van der Waals surface area contributed by atoms with Crippen LogP contribution in [0.4, 0.5) is 13.2 Å². The van der Waals surface area contributed by atoms with Gasteiger partial charge in [0.2, 0.25) is 5.91 Å². The fourth-order valence-corrected chi connectivity index (χ4v) is 5.03. The van der Waals surface area contributed by atoms with Gasteiger partial charge in [-0.05, 0) is 24.8 Å². The maximum atomic E-state index is 12.3. The Morgan fingerprint density at radius 3 is 2.61 bits per heavy atom. The molecule has 170 valence electrons. The fraction of sp³-hybridized carbons (Fsp3) is 0.579. The molecule has 2 aromatic heterocycles. The Labute approximate surface area is 181 Å². The first kappa shape index (κ1) is 23.2. The van der Waals surface area contributed by atoms with Crippen molar-refractivity contribution in [3.63, 3.8) is 0 Å². The van der Waals surface area contributed by atoms with E-state index in [0.717, 1.165) is 39.0 Å². The summed E-state index contributed by atoms with van der Waals surface area (Å²) in [5.41, 5.74) is 0. The lowest BCUT2D eigenvalue weighted by atomic mass is 9.92. The minimum atomic E-state index is -5.08. The van der Waals surface area contributed by atoms with Crippen LogP contribution in [0.25, 0.3) is 0 Å². The molecular weight excluding hydrogens is 435 g/mol. The van der Waals surface area contributed by atoms with E-state index in [1.807, 2.05) is 28.5 Å². The molecule has 0 spiro atoms. The third-order valence-electron chi connectivity index (χ3n) is 5.51. The highest BCUT2D eigenvalue weighted by molar-refractivity contribution is 7.09. The van der Waals surface area contributed by atoms with Crippen LogP contribution in [-0.4, -0.2) is 72.9 Å². The number of alkyl halides is 3. The van der Waals surface area contributed by atoms with Gasteiger partial charge in [-0.1, -0.05) is 0 Å². The monoisotopic (exact) mass is 459 g/mol. The Morgan fingerprint density at radius 2 is 2.06 bits per heavy atom. The van der Waals surface area contributed by atoms with Crippen molar-refractivity contribution in [1.29, 1.82) is 0 Å². The molecule has 3 atom stereocenters. The number of aromatic nitrogens is 3. The van der Waals surface area contributed by atoms with Gasteiger partial charge in [0, 0.05) is 50.0 Å². The summed E-state index contributed by atoms with van der Waals surface area (Å²) >= 11 is 1.72. The van der Waals surface area contributed by atoms with Crippen molar-refractivity contribution in [3.8, 4) is 0 Å². The predicted molar refractivity (Wildman–Crippen MR) is 106 cm³/mol. The standard InChI is InChI=1S/C17H23N5OS.C2HF3O2/c1-13(23)22-15(11-21-6-2-4-19-21)9-14-10-20(7-3-16(14)22)12-17-18-5-8-24-17;3-2(4,5)1(6)7/h2,4-6,8,14-16H,3,7,9-12H2,1H3;(H,6,7)/t14-,15+,16+;/m1./s1. The number of carbonyl (C=O) groups excluding carboxylic acids is 1. The lowest BCUT2D eigenvalue weighted by Gasteiger charge is -2.38. The second kappa shape index (κ2) is 9.77. The van der Waals surface area contributed by atoms with E-state index in [4.69, 9.17) is 9.90 Å². The summed E-state index contributed by atoms with van der Waals surface area (Å²) in [4.78, 5) is 30.2. The van der Waals surface area contributed by atoms with Crippen LogP contribution in [0, 0.1) is 5.92 Å². The topological polar surface area (TPSA) is 91.6 Å². The van der Waals surface area contributed by atoms with Crippen LogP contribution in [0.1, 0.15) is 24.8 Å². The van der Waals surface area contributed by atoms with Crippen molar-refractivity contribution in [3.05, 3.63) is 35.0 Å². The molecular formula is C19H24F3N5O3S. The largest absolute Gasteiger partial charge is 0.490 e. The molecule has 0 aromatic carbocycles. The maximum Gasteiger partial charge on any atom is 0.490 e. The van der Waals surface area contributed by atoms with Gasteiger partial charge in [0.05, 0.1) is 19.1 Å². The van der Waals surface area contributed by atoms with E-state index in [0.29, 0.717) is 12.0 Å². The molecule has 2 aromatic rings. The molecule has 2 aliphatic rings. The Kier molecular flexibility index (Phi) is 7.31. The number of piperidine rings is 1. The molecule has 1 N–H and O–H groups in total. The van der Waals surface area contributed by atoms with Crippen molar-refractivity contribution in [1.82, 2.24) is 24.6 Å². The summed E-state index contributed by atoms with van der Waals surface area (Å²) in [6, 6.07) is 2.59. The Bertz CT molecular complexity index is 860. The number of rotatable bonds is 4. The van der Waals surface area contributed by atoms with Gasteiger partial charge in [-0.2, -0.15) is 18.3 Å². The van der Waals surface area contributed by atoms with E-state index in [1.54, 1.807) is 24.5 Å². The average molecular weight is 459 g/mol. The van der Waals surface area contributed by atoms with E-state index >= 15 is 0 Å². The number of carbonyl (C=O) groups is 2. The normalized spacial score (nSPS) is 23.7. The number of likely N-dealkylation sites (tertiary alicyclic amines) is 2. The molecule has 4 rings (SSSR count). The molecule has 0 saturated carbocycles. The summed E-state index contributed by atoms with van der Waals surface area (Å²) in [6.07, 6.45) is 2.70. The first-order chi connectivity index (χ1) is 14.6. The molecule has 4 heterocycles. The fourth-order valence-electron chi connectivity index (χ4n) is 4.37. The number of aliphatic carboxylic acids is 1. The Balaban J connectivity index is 0.000000339. The summed E-state index contributed by atoms with van der Waals surface area (Å²) < 4.78 is 33.7. The molecule has 0 aliphatic carbocycles. The molecule has 0 unspecified atom stereocenters. The van der Waals surface area contributed by atoms with Crippen molar-refractivity contribution < 1.29 is 27.9 Å². The highest BCUT2D eigenvalue weighted by Gasteiger charge is 2.45. The molecule has 0 radical (unpaired) electrons. The average Bonchev–Trinajstić information content (AvgIpc) is 3.42. The summed E-state index contributed by atoms with van der Waals surface area (Å²) in [6.45, 7) is 5.54. The summed E-state index contributed by atoms with van der Waals surface area (Å²) in [5, 5.41) is 14.7. The first-order valence-corrected chi connectivity index (χ1v) is 10.7. The van der Waals surface area contributed by atoms with Crippen molar-refractivity contribution in [2.45, 2.75) is 51.1 Å². The number of fused-ring (bicyclic) bond motifs is 1. The molecule has 0 bridgehead atoms. The van der Waals surface area contributed by atoms with Crippen LogP contribution in [0.2, 0.25) is 0 Å². The van der Waals surface area contributed by atoms with Gasteiger partial charge in [-0.15, -0.1) is 11.3 Å². The zero-order valence-electron chi connectivity index (χ0n) is 16.9. The lowest BCUT2D eigenvalue weighted by Crippen LogP contribution is -2.48. The van der Waals surface area contributed by atoms with Gasteiger partial charge >= 0.3 is 12.1 Å². The van der Waals surface area contributed by atoms with Gasteiger partial charge in [-0.25, -0.2) is 9.78 Å². The molecule has 2 saturated heterocycles. The van der Waals surface area contributed by atoms with Crippen LogP contribution in [0.3, 0.4) is 0 Å². The predicted octanol–water partition coefficient (Wildman–Crippen LogP) is 2.48. The van der Waals surface area contributed by atoms with E-state index in [9.17, 15) is 18.0 Å². The smallest absolute Gasteiger partial charge is 0.475 e. The van der Waals surface area contributed by atoms with E-state index in [1.165, 1.54) is 5.01 Å². The Morgan fingerprint density at radius 1 is 1.32 bits per heavy atom. The molecule has 1 amide bonds. The van der Waals surface area contributed by atoms with Crippen LogP contribution in [0.5, 0.6) is 0 Å². The number of hydrogen-bond donors (Lipinski definition) is 1. The number of amides is 1. The third kappa shape index (κ3) is 6.03. The lowest BCUT2D eigenvalue weighted by molar-refractivity contribution is -0.192. The SMILES string of the molecule is CC(=O)N1[C@H](Cn2cccn2)C[C@@H]2CN(Cc3nccs3)CC[C@@H]21.O=C(O)C(F)(F)F. The van der Waals surface area contributed by atoms with Gasteiger partial charge < -0.3 is 10.0 Å². The van der Waals surface area contributed by atoms with Crippen LogP contribution in [0.15, 0.2) is 30.0 Å². The number of carboxylic acid groups (broad SMARTS) is 1. The quantitative estimate of drug-likeness (QED) is 0.756. The molecule has 2 aliphatic heterocycles. The molecule has 12 heteroatoms. The molecule has 2 fully saturated rings. The maximum absolute atomic E-state index is 12.3. The van der Waals surface area contributed by atoms with E-state index < -0.39 is 12.1 Å². The van der Waals surface area contributed by atoms with Crippen LogP contribution in [-0.2, 0) is 22.7 Å². The van der Waals surface area contributed by atoms with Gasteiger partial charge in [0.25, 0.3) is 0 Å². The third-order valence-corrected chi connectivity index (χ3v) is 6.27. The van der Waals surface area contributed by atoms with Crippen LogP contribution < -0.4 is 0 Å². The van der Waals surface area contributed by atoms with Gasteiger partial charge in [0.15, 0.2) is 0 Å². The second-order valence-electron chi connectivity index (χ2n) is 7.62. The minimum Gasteiger partial charge on any atom is -0.475 e. The van der Waals surface area contributed by atoms with Crippen molar-refractivity contribution >= 4 is 23.2 Å². The number of carboxylic acids is 1. The van der Waals surface area contributed by atoms with E-state index in [-0.39, 0.29) is 11.9 Å². The van der Waals surface area contributed by atoms with Gasteiger partial charge in [0.1, 0.15) is 5.01 Å². The number of nitrogens with zero attached hydrogens (tertiary/aromatic N) is 5. The minimum absolute atomic E-state index is 0.202. The van der Waals surface area contributed by atoms with Crippen LogP contribution >= 0.6 is 11.3 Å². The molecule has 8 nitrogen and oxygen atoms in total. The first-order valence-electron chi connectivity index (χ1n) is 9.82. The molecule has 31 heavy (non-hydrogen) atoms. The highest BCUT2D eigenvalue weighted by atomic mass is 32.1. The second-order valence-corrected chi connectivity index (χ2v) is 8.60. The number of hydrogen-bond acceptors (Lipinski definition) is 6. The Hall–Kier alpha value is -2.47. The highest BCUT2D eigenvalue weighted by Crippen LogP contribution is 2.36. The number of thiazole rings is 1. The van der Waals surface area contributed by atoms with Gasteiger partial charge in [-0.3, -0.25) is 14.4 Å². The van der Waals surface area contributed by atoms with Crippen molar-refractivity contribution in [2.24, 2.45) is 5.92 Å². The van der Waals surface area contributed by atoms with Crippen molar-refractivity contribution in [2.75, 3.05) is 13.1 Å². The number of halogens is 3. The summed E-state index contributed by atoms with van der Waals surface area (Å²) in [7, 11) is 0. The van der Waals surface area contributed by atoms with E-state index in [2.05, 4.69) is 19.9 Å².